The van der Waals surface area contributed by atoms with E-state index < -0.39 is 4.92 Å². The van der Waals surface area contributed by atoms with Gasteiger partial charge in [0.25, 0.3) is 5.69 Å². The molecule has 0 fully saturated rings. The van der Waals surface area contributed by atoms with Gasteiger partial charge in [-0.15, -0.1) is 11.8 Å². The maximum absolute atomic E-state index is 11.1. The molecule has 6 heteroatoms. The van der Waals surface area contributed by atoms with Gasteiger partial charge in [-0.05, 0) is 18.2 Å². The Morgan fingerprint density at radius 1 is 1.33 bits per heavy atom. The molecule has 0 saturated carbocycles. The molecule has 0 aromatic heterocycles. The molecule has 0 amide bonds. The molecule has 0 saturated heterocycles. The van der Waals surface area contributed by atoms with Crippen molar-refractivity contribution in [3.8, 4) is 11.8 Å². The fourth-order valence-corrected chi connectivity index (χ4v) is 2.82. The Labute approximate surface area is 126 Å². The topological polar surface area (TPSA) is 76.2 Å². The van der Waals surface area contributed by atoms with Crippen molar-refractivity contribution >= 4 is 17.4 Å². The minimum atomic E-state index is -0.467. The van der Waals surface area contributed by atoms with Crippen LogP contribution in [0.4, 0.5) is 5.69 Å². The monoisotopic (exact) mass is 300 g/mol. The number of nitrogens with zero attached hydrogens (tertiary/aromatic N) is 2. The number of hydrogen-bond donors (Lipinski definition) is 0. The number of nitriles is 1. The Kier molecular flexibility index (Phi) is 4.80. The number of thioether (sulfide) groups is 1. The molecule has 5 nitrogen and oxygen atoms in total. The summed E-state index contributed by atoms with van der Waals surface area (Å²) in [5.74, 6) is 1.30. The van der Waals surface area contributed by atoms with Crippen molar-refractivity contribution in [1.82, 2.24) is 0 Å². The molecule has 0 bridgehead atoms. The summed E-state index contributed by atoms with van der Waals surface area (Å²) in [5.41, 5.74) is 1.20. The first-order valence-corrected chi connectivity index (χ1v) is 7.07. The van der Waals surface area contributed by atoms with Gasteiger partial charge in [-0.25, -0.2) is 0 Å². The highest BCUT2D eigenvalue weighted by Gasteiger charge is 2.15. The van der Waals surface area contributed by atoms with E-state index in [1.807, 2.05) is 30.3 Å². The van der Waals surface area contributed by atoms with Gasteiger partial charge in [0.2, 0.25) is 0 Å². The Hall–Kier alpha value is -2.52. The molecule has 0 aliphatic rings. The van der Waals surface area contributed by atoms with E-state index >= 15 is 0 Å². The quantitative estimate of drug-likeness (QED) is 0.477. The molecule has 0 heterocycles. The minimum Gasteiger partial charge on any atom is -0.496 e. The number of nitro benzene ring substituents is 1. The van der Waals surface area contributed by atoms with Gasteiger partial charge in [0, 0.05) is 17.4 Å². The van der Waals surface area contributed by atoms with Crippen molar-refractivity contribution in [1.29, 1.82) is 5.26 Å². The van der Waals surface area contributed by atoms with Crippen molar-refractivity contribution in [3.63, 3.8) is 0 Å². The van der Waals surface area contributed by atoms with Crippen LogP contribution in [0.3, 0.4) is 0 Å². The Balaban J connectivity index is 2.24. The summed E-state index contributed by atoms with van der Waals surface area (Å²) in [6.07, 6.45) is 0. The van der Waals surface area contributed by atoms with Gasteiger partial charge in [-0.1, -0.05) is 18.2 Å². The molecule has 0 unspecified atom stereocenters. The summed E-state index contributed by atoms with van der Waals surface area (Å²) in [7, 11) is 1.59. The first-order valence-electron chi connectivity index (χ1n) is 6.09. The van der Waals surface area contributed by atoms with E-state index in [1.54, 1.807) is 19.2 Å². The average molecular weight is 300 g/mol. The summed E-state index contributed by atoms with van der Waals surface area (Å²) in [4.78, 5) is 11.1. The first-order chi connectivity index (χ1) is 10.2. The van der Waals surface area contributed by atoms with Gasteiger partial charge < -0.3 is 4.74 Å². The lowest BCUT2D eigenvalue weighted by Crippen LogP contribution is -1.93. The Bertz CT molecular complexity index is 710. The van der Waals surface area contributed by atoms with Crippen LogP contribution >= 0.6 is 11.8 Å². The summed E-state index contributed by atoms with van der Waals surface area (Å²) >= 11 is 1.35. The van der Waals surface area contributed by atoms with Crippen molar-refractivity contribution in [2.24, 2.45) is 0 Å². The zero-order valence-electron chi connectivity index (χ0n) is 11.3. The molecule has 0 aliphatic heterocycles. The highest BCUT2D eigenvalue weighted by atomic mass is 32.2. The molecule has 0 atom stereocenters. The lowest BCUT2D eigenvalue weighted by atomic mass is 10.2. The summed E-state index contributed by atoms with van der Waals surface area (Å²) in [6.45, 7) is 0. The van der Waals surface area contributed by atoms with E-state index in [2.05, 4.69) is 0 Å². The van der Waals surface area contributed by atoms with Crippen molar-refractivity contribution in [3.05, 3.63) is 63.7 Å². The molecule has 0 aliphatic carbocycles. The maximum atomic E-state index is 11.1. The third kappa shape index (κ3) is 3.52. The highest BCUT2D eigenvalue weighted by molar-refractivity contribution is 7.98. The second-order valence-electron chi connectivity index (χ2n) is 4.15. The number of rotatable bonds is 5. The molecular weight excluding hydrogens is 288 g/mol. The molecule has 0 radical (unpaired) electrons. The lowest BCUT2D eigenvalue weighted by Gasteiger charge is -2.08. The molecule has 0 spiro atoms. The van der Waals surface area contributed by atoms with E-state index in [1.165, 1.54) is 17.8 Å². The Morgan fingerprint density at radius 3 is 2.76 bits per heavy atom. The largest absolute Gasteiger partial charge is 0.496 e. The SMILES string of the molecule is COc1ccccc1CSc1ccc(C#N)cc1[N+](=O)[O-]. The average Bonchev–Trinajstić information content (AvgIpc) is 2.52. The summed E-state index contributed by atoms with van der Waals surface area (Å²) < 4.78 is 5.26. The Morgan fingerprint density at radius 2 is 2.10 bits per heavy atom. The van der Waals surface area contributed by atoms with Gasteiger partial charge in [0.05, 0.1) is 28.6 Å². The summed E-state index contributed by atoms with van der Waals surface area (Å²) in [6, 6.07) is 13.9. The fraction of sp³-hybridized carbons (Fsp3) is 0.133. The smallest absolute Gasteiger partial charge is 0.284 e. The number of benzene rings is 2. The molecule has 2 aromatic rings. The van der Waals surface area contributed by atoms with Gasteiger partial charge in [0.15, 0.2) is 0 Å². The standard InChI is InChI=1S/C15H12N2O3S/c1-20-14-5-3-2-4-12(14)10-21-15-7-6-11(9-16)8-13(15)17(18)19/h2-8H,10H2,1H3. The van der Waals surface area contributed by atoms with Gasteiger partial charge in [-0.3, -0.25) is 10.1 Å². The van der Waals surface area contributed by atoms with E-state index in [4.69, 9.17) is 10.00 Å². The van der Waals surface area contributed by atoms with Crippen LogP contribution in [0.5, 0.6) is 5.75 Å². The van der Waals surface area contributed by atoms with Crippen LogP contribution in [0, 0.1) is 21.4 Å². The zero-order valence-corrected chi connectivity index (χ0v) is 12.1. The number of para-hydroxylation sites is 1. The van der Waals surface area contributed by atoms with Crippen LogP contribution in [-0.4, -0.2) is 12.0 Å². The number of ether oxygens (including phenoxy) is 1. The molecule has 2 aromatic carbocycles. The lowest BCUT2D eigenvalue weighted by molar-refractivity contribution is -0.387. The van der Waals surface area contributed by atoms with E-state index in [9.17, 15) is 10.1 Å². The second-order valence-corrected chi connectivity index (χ2v) is 5.17. The molecule has 106 valence electrons. The zero-order chi connectivity index (χ0) is 15.2. The first kappa shape index (κ1) is 14.9. The summed E-state index contributed by atoms with van der Waals surface area (Å²) in [5, 5.41) is 19.9. The van der Waals surface area contributed by atoms with Crippen LogP contribution in [0.1, 0.15) is 11.1 Å². The highest BCUT2D eigenvalue weighted by Crippen LogP contribution is 2.34. The molecular formula is C15H12N2O3S. The van der Waals surface area contributed by atoms with Crippen LogP contribution in [0.25, 0.3) is 0 Å². The predicted molar refractivity (Wildman–Crippen MR) is 80.4 cm³/mol. The maximum Gasteiger partial charge on any atom is 0.284 e. The third-order valence-corrected chi connectivity index (χ3v) is 3.97. The van der Waals surface area contributed by atoms with E-state index in [0.29, 0.717) is 10.6 Å². The number of nitro groups is 1. The third-order valence-electron chi connectivity index (χ3n) is 2.86. The normalized spacial score (nSPS) is 9.90. The number of methoxy groups -OCH3 is 1. The van der Waals surface area contributed by atoms with Crippen molar-refractivity contribution in [2.45, 2.75) is 10.6 Å². The van der Waals surface area contributed by atoms with Crippen LogP contribution < -0.4 is 4.74 Å². The van der Waals surface area contributed by atoms with E-state index in [0.717, 1.165) is 11.3 Å². The minimum absolute atomic E-state index is 0.0473. The van der Waals surface area contributed by atoms with Crippen LogP contribution in [0.2, 0.25) is 0 Å². The fourth-order valence-electron chi connectivity index (χ4n) is 1.83. The molecule has 21 heavy (non-hydrogen) atoms. The van der Waals surface area contributed by atoms with Gasteiger partial charge in [-0.2, -0.15) is 5.26 Å². The van der Waals surface area contributed by atoms with E-state index in [-0.39, 0.29) is 11.3 Å². The second kappa shape index (κ2) is 6.77. The van der Waals surface area contributed by atoms with Gasteiger partial charge in [0.1, 0.15) is 5.75 Å². The molecule has 0 N–H and O–H groups in total. The van der Waals surface area contributed by atoms with Crippen LogP contribution in [0.15, 0.2) is 47.4 Å². The van der Waals surface area contributed by atoms with Gasteiger partial charge >= 0.3 is 0 Å². The van der Waals surface area contributed by atoms with Crippen molar-refractivity contribution < 1.29 is 9.66 Å². The number of hydrogen-bond acceptors (Lipinski definition) is 5. The van der Waals surface area contributed by atoms with Crippen molar-refractivity contribution in [2.75, 3.05) is 7.11 Å². The molecule has 2 rings (SSSR count). The predicted octanol–water partition coefficient (Wildman–Crippen LogP) is 3.77. The van der Waals surface area contributed by atoms with Crippen LogP contribution in [-0.2, 0) is 5.75 Å².